The SMILES string of the molecule is COCC(Nc1ccc(N)c(C(F)(F)F)c1)C(C)C. The maximum atomic E-state index is 12.7. The predicted octanol–water partition coefficient (Wildman–Crippen LogP) is 3.37. The minimum absolute atomic E-state index is 0.0605. The third-order valence-electron chi connectivity index (χ3n) is 2.86. The Labute approximate surface area is 110 Å². The first-order valence-electron chi connectivity index (χ1n) is 5.98. The van der Waals surface area contributed by atoms with Crippen LogP contribution in [0.25, 0.3) is 0 Å². The lowest BCUT2D eigenvalue weighted by molar-refractivity contribution is -0.136. The number of methoxy groups -OCH3 is 1. The van der Waals surface area contributed by atoms with E-state index < -0.39 is 11.7 Å². The fourth-order valence-electron chi connectivity index (χ4n) is 1.69. The van der Waals surface area contributed by atoms with Gasteiger partial charge in [0.25, 0.3) is 0 Å². The van der Waals surface area contributed by atoms with Gasteiger partial charge in [0, 0.05) is 18.5 Å². The zero-order chi connectivity index (χ0) is 14.6. The van der Waals surface area contributed by atoms with E-state index in [9.17, 15) is 13.2 Å². The molecular weight excluding hydrogens is 257 g/mol. The van der Waals surface area contributed by atoms with Crippen molar-refractivity contribution >= 4 is 11.4 Å². The number of nitrogens with one attached hydrogen (secondary N) is 1. The van der Waals surface area contributed by atoms with Gasteiger partial charge >= 0.3 is 6.18 Å². The van der Waals surface area contributed by atoms with Gasteiger partial charge in [-0.05, 0) is 24.1 Å². The van der Waals surface area contributed by atoms with Gasteiger partial charge in [0.2, 0.25) is 0 Å². The molecule has 0 radical (unpaired) electrons. The molecule has 0 aliphatic carbocycles. The average molecular weight is 276 g/mol. The van der Waals surface area contributed by atoms with Crippen LogP contribution in [0.4, 0.5) is 24.5 Å². The van der Waals surface area contributed by atoms with Gasteiger partial charge in [-0.3, -0.25) is 0 Å². The number of rotatable bonds is 5. The first-order chi connectivity index (χ1) is 8.75. The highest BCUT2D eigenvalue weighted by molar-refractivity contribution is 5.58. The standard InChI is InChI=1S/C13H19F3N2O/c1-8(2)12(7-19-3)18-9-4-5-11(17)10(6-9)13(14,15)16/h4-6,8,12,18H,7,17H2,1-3H3. The van der Waals surface area contributed by atoms with Crippen LogP contribution in [0, 0.1) is 5.92 Å². The zero-order valence-electron chi connectivity index (χ0n) is 11.2. The molecule has 0 aliphatic heterocycles. The van der Waals surface area contributed by atoms with Gasteiger partial charge in [-0.1, -0.05) is 13.8 Å². The van der Waals surface area contributed by atoms with E-state index in [1.54, 1.807) is 7.11 Å². The second-order valence-corrected chi connectivity index (χ2v) is 4.75. The number of hydrogen-bond donors (Lipinski definition) is 2. The van der Waals surface area contributed by atoms with Crippen LogP contribution >= 0.6 is 0 Å². The zero-order valence-corrected chi connectivity index (χ0v) is 11.2. The Balaban J connectivity index is 2.96. The summed E-state index contributed by atoms with van der Waals surface area (Å²) in [6, 6.07) is 3.76. The van der Waals surface area contributed by atoms with Crippen molar-refractivity contribution in [2.24, 2.45) is 5.92 Å². The Hall–Kier alpha value is -1.43. The third-order valence-corrected chi connectivity index (χ3v) is 2.86. The van der Waals surface area contributed by atoms with Crippen LogP contribution in [0.1, 0.15) is 19.4 Å². The highest BCUT2D eigenvalue weighted by atomic mass is 19.4. The van der Waals surface area contributed by atoms with Gasteiger partial charge < -0.3 is 15.8 Å². The summed E-state index contributed by atoms with van der Waals surface area (Å²) < 4.78 is 43.3. The molecule has 0 aromatic heterocycles. The molecule has 0 bridgehead atoms. The van der Waals surface area contributed by atoms with Gasteiger partial charge in [0.05, 0.1) is 18.2 Å². The van der Waals surface area contributed by atoms with Crippen molar-refractivity contribution < 1.29 is 17.9 Å². The van der Waals surface area contributed by atoms with Crippen LogP contribution < -0.4 is 11.1 Å². The molecule has 1 unspecified atom stereocenters. The van der Waals surface area contributed by atoms with Crippen molar-refractivity contribution in [1.29, 1.82) is 0 Å². The summed E-state index contributed by atoms with van der Waals surface area (Å²) in [7, 11) is 1.56. The Bertz CT molecular complexity index is 419. The second-order valence-electron chi connectivity index (χ2n) is 4.75. The van der Waals surface area contributed by atoms with E-state index in [0.29, 0.717) is 12.3 Å². The fourth-order valence-corrected chi connectivity index (χ4v) is 1.69. The Morgan fingerprint density at radius 3 is 2.42 bits per heavy atom. The molecule has 0 heterocycles. The van der Waals surface area contributed by atoms with Gasteiger partial charge in [-0.2, -0.15) is 13.2 Å². The number of alkyl halides is 3. The van der Waals surface area contributed by atoms with E-state index in [2.05, 4.69) is 5.32 Å². The summed E-state index contributed by atoms with van der Waals surface area (Å²) in [6.07, 6.45) is -4.45. The second kappa shape index (κ2) is 6.14. The maximum Gasteiger partial charge on any atom is 0.418 e. The summed E-state index contributed by atoms with van der Waals surface area (Å²) in [5.74, 6) is 0.229. The molecule has 3 nitrogen and oxygen atoms in total. The molecule has 0 aliphatic rings. The molecule has 6 heteroatoms. The molecule has 1 atom stereocenters. The summed E-state index contributed by atoms with van der Waals surface area (Å²) in [5.41, 5.74) is 4.64. The summed E-state index contributed by atoms with van der Waals surface area (Å²) in [6.45, 7) is 4.36. The van der Waals surface area contributed by atoms with Gasteiger partial charge in [-0.25, -0.2) is 0 Å². The number of nitrogen functional groups attached to an aromatic ring is 1. The Kier molecular flexibility index (Phi) is 5.05. The monoisotopic (exact) mass is 276 g/mol. The van der Waals surface area contributed by atoms with Gasteiger partial charge in [-0.15, -0.1) is 0 Å². The van der Waals surface area contributed by atoms with Crippen molar-refractivity contribution in [1.82, 2.24) is 0 Å². The highest BCUT2D eigenvalue weighted by Gasteiger charge is 2.33. The molecule has 108 valence electrons. The van der Waals surface area contributed by atoms with Crippen molar-refractivity contribution in [3.8, 4) is 0 Å². The summed E-state index contributed by atoms with van der Waals surface area (Å²) in [5, 5.41) is 3.04. The summed E-state index contributed by atoms with van der Waals surface area (Å²) in [4.78, 5) is 0. The van der Waals surface area contributed by atoms with E-state index in [1.165, 1.54) is 12.1 Å². The number of anilines is 2. The number of hydrogen-bond acceptors (Lipinski definition) is 3. The van der Waals surface area contributed by atoms with Gasteiger partial charge in [0.1, 0.15) is 0 Å². The summed E-state index contributed by atoms with van der Waals surface area (Å²) >= 11 is 0. The molecule has 0 spiro atoms. The van der Waals surface area contributed by atoms with E-state index in [1.807, 2.05) is 13.8 Å². The van der Waals surface area contributed by atoms with E-state index in [-0.39, 0.29) is 17.6 Å². The number of benzene rings is 1. The molecule has 0 amide bonds. The minimum Gasteiger partial charge on any atom is -0.398 e. The molecule has 1 aromatic rings. The first kappa shape index (κ1) is 15.6. The van der Waals surface area contributed by atoms with Crippen LogP contribution in [0.5, 0.6) is 0 Å². The first-order valence-corrected chi connectivity index (χ1v) is 5.98. The lowest BCUT2D eigenvalue weighted by Gasteiger charge is -2.23. The van der Waals surface area contributed by atoms with E-state index in [0.717, 1.165) is 6.07 Å². The topological polar surface area (TPSA) is 47.3 Å². The molecule has 3 N–H and O–H groups in total. The average Bonchev–Trinajstić information content (AvgIpc) is 2.29. The molecule has 1 rings (SSSR count). The Morgan fingerprint density at radius 2 is 1.95 bits per heavy atom. The lowest BCUT2D eigenvalue weighted by atomic mass is 10.0. The number of halogens is 3. The van der Waals surface area contributed by atoms with Crippen molar-refractivity contribution in [3.05, 3.63) is 23.8 Å². The number of ether oxygens (including phenoxy) is 1. The quantitative estimate of drug-likeness (QED) is 0.811. The van der Waals surface area contributed by atoms with Crippen LogP contribution in [-0.2, 0) is 10.9 Å². The van der Waals surface area contributed by atoms with Crippen molar-refractivity contribution in [2.75, 3.05) is 24.8 Å². The normalized spacial score (nSPS) is 13.6. The Morgan fingerprint density at radius 1 is 1.32 bits per heavy atom. The molecule has 0 saturated carbocycles. The van der Waals surface area contributed by atoms with E-state index >= 15 is 0 Å². The molecule has 0 saturated heterocycles. The van der Waals surface area contributed by atoms with E-state index in [4.69, 9.17) is 10.5 Å². The molecule has 0 fully saturated rings. The number of nitrogens with two attached hydrogens (primary N) is 1. The molecule has 19 heavy (non-hydrogen) atoms. The van der Waals surface area contributed by atoms with Crippen molar-refractivity contribution in [2.45, 2.75) is 26.1 Å². The largest absolute Gasteiger partial charge is 0.418 e. The van der Waals surface area contributed by atoms with Crippen LogP contribution in [0.3, 0.4) is 0 Å². The van der Waals surface area contributed by atoms with Crippen LogP contribution in [0.15, 0.2) is 18.2 Å². The lowest BCUT2D eigenvalue weighted by Crippen LogP contribution is -2.30. The molecular formula is C13H19F3N2O. The fraction of sp³-hybridized carbons (Fsp3) is 0.538. The predicted molar refractivity (Wildman–Crippen MR) is 70.0 cm³/mol. The van der Waals surface area contributed by atoms with Gasteiger partial charge in [0.15, 0.2) is 0 Å². The van der Waals surface area contributed by atoms with Crippen molar-refractivity contribution in [3.63, 3.8) is 0 Å². The maximum absolute atomic E-state index is 12.7. The third kappa shape index (κ3) is 4.31. The van der Waals surface area contributed by atoms with Crippen LogP contribution in [0.2, 0.25) is 0 Å². The highest BCUT2D eigenvalue weighted by Crippen LogP contribution is 2.35. The smallest absolute Gasteiger partial charge is 0.398 e. The van der Waals surface area contributed by atoms with Crippen LogP contribution in [-0.4, -0.2) is 19.8 Å². The molecule has 1 aromatic carbocycles. The minimum atomic E-state index is -4.45.